The summed E-state index contributed by atoms with van der Waals surface area (Å²) >= 11 is 0. The third kappa shape index (κ3) is 17.3. The van der Waals surface area contributed by atoms with Gasteiger partial charge in [-0.25, -0.2) is 18.3 Å². The highest BCUT2D eigenvalue weighted by Gasteiger charge is 2.25. The molecule has 109 heavy (non-hydrogen) atoms. The summed E-state index contributed by atoms with van der Waals surface area (Å²) in [7, 11) is 8.43. The van der Waals surface area contributed by atoms with Crippen LogP contribution in [0, 0.1) is 62.3 Å². The molecule has 0 amide bonds. The Bertz CT molecular complexity index is 5590. The Hall–Kier alpha value is -12.3. The van der Waals surface area contributed by atoms with Crippen molar-refractivity contribution in [2.24, 2.45) is 28.2 Å². The molecule has 0 bridgehead atoms. The lowest BCUT2D eigenvalue weighted by atomic mass is 9.85. The highest BCUT2D eigenvalue weighted by atomic mass is 14.9. The number of aromatic nitrogens is 8. The molecule has 0 saturated carbocycles. The predicted molar refractivity (Wildman–Crippen MR) is 452 cm³/mol. The molecule has 15 rings (SSSR count). The lowest BCUT2D eigenvalue weighted by molar-refractivity contribution is -0.660. The second-order valence-electron chi connectivity index (χ2n) is 29.5. The number of hydrogen-bond donors (Lipinski definition) is 0. The minimum atomic E-state index is 0.495. The molecule has 0 spiro atoms. The molecule has 0 saturated heterocycles. The summed E-state index contributed by atoms with van der Waals surface area (Å²) in [5, 5.41) is 0. The molecule has 0 fully saturated rings. The Morgan fingerprint density at radius 2 is 0.624 bits per heavy atom. The van der Waals surface area contributed by atoms with Gasteiger partial charge in [-0.2, -0.15) is 0 Å². The van der Waals surface area contributed by atoms with Crippen molar-refractivity contribution in [1.29, 1.82) is 0 Å². The van der Waals surface area contributed by atoms with Crippen LogP contribution in [0.25, 0.3) is 123 Å². The molecule has 8 heteroatoms. The summed E-state index contributed by atoms with van der Waals surface area (Å²) in [4.78, 5) is 17.6. The van der Waals surface area contributed by atoms with Crippen LogP contribution in [-0.2, 0) is 28.2 Å². The van der Waals surface area contributed by atoms with E-state index in [0.29, 0.717) is 11.8 Å². The fourth-order valence-electron chi connectivity index (χ4n) is 15.3. The molecule has 8 nitrogen and oxygen atoms in total. The largest absolute Gasteiger partial charge is 0.264 e. The summed E-state index contributed by atoms with van der Waals surface area (Å²) < 4.78 is 8.80. The van der Waals surface area contributed by atoms with Gasteiger partial charge in [0.05, 0.1) is 27.9 Å². The van der Waals surface area contributed by atoms with Crippen LogP contribution in [0.5, 0.6) is 0 Å². The molecule has 8 heterocycles. The van der Waals surface area contributed by atoms with E-state index in [9.17, 15) is 0 Å². The molecule has 15 aromatic rings. The molecule has 0 aliphatic carbocycles. The quantitative estimate of drug-likeness (QED) is 0.108. The van der Waals surface area contributed by atoms with Gasteiger partial charge < -0.3 is 0 Å². The zero-order chi connectivity index (χ0) is 77.0. The number of rotatable bonds is 13. The van der Waals surface area contributed by atoms with Gasteiger partial charge in [0.2, 0.25) is 22.8 Å². The third-order valence-corrected chi connectivity index (χ3v) is 20.9. The Kier molecular flexibility index (Phi) is 24.2. The maximum atomic E-state index is 4.77. The van der Waals surface area contributed by atoms with Gasteiger partial charge >= 0.3 is 0 Å². The second kappa shape index (κ2) is 34.5. The Balaban J connectivity index is 0.000000137. The molecule has 0 aliphatic rings. The predicted octanol–water partition coefficient (Wildman–Crippen LogP) is 23.0. The van der Waals surface area contributed by atoms with E-state index in [4.69, 9.17) is 4.98 Å². The molecule has 0 atom stereocenters. The normalized spacial score (nSPS) is 11.0. The fourth-order valence-corrected chi connectivity index (χ4v) is 15.3. The Morgan fingerprint density at radius 1 is 0.257 bits per heavy atom. The third-order valence-electron chi connectivity index (χ3n) is 20.9. The van der Waals surface area contributed by atoms with E-state index in [2.05, 4.69) is 413 Å². The van der Waals surface area contributed by atoms with E-state index in [1.165, 1.54) is 173 Å². The lowest BCUT2D eigenvalue weighted by Gasteiger charge is -2.19. The van der Waals surface area contributed by atoms with Crippen LogP contribution in [-0.4, -0.2) is 19.9 Å². The number of nitrogens with zero attached hydrogens (tertiary/aromatic N) is 8. The lowest BCUT2D eigenvalue weighted by Crippen LogP contribution is -2.31. The summed E-state index contributed by atoms with van der Waals surface area (Å²) in [5.74, 6) is 0.989. The van der Waals surface area contributed by atoms with Gasteiger partial charge in [-0.3, -0.25) is 19.9 Å². The first-order valence-electron chi connectivity index (χ1n) is 37.9. The van der Waals surface area contributed by atoms with Gasteiger partial charge in [-0.05, 0) is 228 Å². The Morgan fingerprint density at radius 3 is 1.02 bits per heavy atom. The maximum Gasteiger partial charge on any atom is 0.214 e. The van der Waals surface area contributed by atoms with Crippen LogP contribution < -0.4 is 18.3 Å². The smallest absolute Gasteiger partial charge is 0.214 e. The van der Waals surface area contributed by atoms with E-state index >= 15 is 0 Å². The van der Waals surface area contributed by atoms with Gasteiger partial charge in [0, 0.05) is 89.9 Å². The molecule has 542 valence electrons. The fraction of sp³-hybridized carbons (Fsp3) is 0.188. The van der Waals surface area contributed by atoms with Crippen LogP contribution >= 0.6 is 0 Å². The van der Waals surface area contributed by atoms with Crippen LogP contribution in [0.4, 0.5) is 0 Å². The van der Waals surface area contributed by atoms with E-state index < -0.39 is 0 Å². The highest BCUT2D eigenvalue weighted by molar-refractivity contribution is 5.95. The average molecular weight is 1430 g/mol. The number of benzene rings is 7. The van der Waals surface area contributed by atoms with Crippen molar-refractivity contribution in [3.63, 3.8) is 0 Å². The molecular formula is C101H102N8+4. The van der Waals surface area contributed by atoms with Gasteiger partial charge in [0.15, 0.2) is 24.8 Å². The molecule has 0 aliphatic heterocycles. The van der Waals surface area contributed by atoms with E-state index in [1.54, 1.807) is 0 Å². The van der Waals surface area contributed by atoms with Crippen molar-refractivity contribution < 1.29 is 18.3 Å². The molecule has 7 aromatic carbocycles. The number of aryl methyl sites for hydroxylation is 13. The van der Waals surface area contributed by atoms with Crippen molar-refractivity contribution >= 4 is 0 Å². The Labute approximate surface area is 647 Å². The SMILES string of the molecule is Cc1cc(C)c(-c2cc(-c3c(-c4ccccc4)cccc3-c3ccccc3)cc[n+]2C)c(C)n1.Cc1ccncc1-c1ccc(-c2c(C(C)C)cccc2C(C)C)c[n+]1C.Cc1ccncc1-c1ccc(-c2c(C)cccc2-c2ccccc2)c[n+]1C.Cc1ccncc1-c1ccc(-c2c(C)cccc2C)c[n+]1C. The summed E-state index contributed by atoms with van der Waals surface area (Å²) in [6.45, 7) is 28.3. The van der Waals surface area contributed by atoms with E-state index in [1.807, 2.05) is 37.2 Å². The summed E-state index contributed by atoms with van der Waals surface area (Å²) in [6.07, 6.45) is 20.2. The molecule has 0 radical (unpaired) electrons. The highest BCUT2D eigenvalue weighted by Crippen LogP contribution is 2.43. The van der Waals surface area contributed by atoms with E-state index in [-0.39, 0.29) is 0 Å². The van der Waals surface area contributed by atoms with Crippen molar-refractivity contribution in [2.75, 3.05) is 0 Å². The minimum Gasteiger partial charge on any atom is -0.264 e. The van der Waals surface area contributed by atoms with Crippen LogP contribution in [0.15, 0.2) is 299 Å². The molecule has 8 aromatic heterocycles. The zero-order valence-electron chi connectivity index (χ0n) is 66.5. The van der Waals surface area contributed by atoms with Crippen molar-refractivity contribution in [1.82, 2.24) is 19.9 Å². The van der Waals surface area contributed by atoms with Crippen molar-refractivity contribution in [3.05, 3.63) is 360 Å². The first kappa shape index (κ1) is 76.4. The maximum absolute atomic E-state index is 4.77. The van der Waals surface area contributed by atoms with E-state index in [0.717, 1.165) is 11.4 Å². The summed E-state index contributed by atoms with van der Waals surface area (Å²) in [5.41, 5.74) is 40.9. The van der Waals surface area contributed by atoms with Gasteiger partial charge in [-0.1, -0.05) is 191 Å². The van der Waals surface area contributed by atoms with Crippen molar-refractivity contribution in [2.45, 2.75) is 102 Å². The second-order valence-corrected chi connectivity index (χ2v) is 29.5. The van der Waals surface area contributed by atoms with Crippen LogP contribution in [0.2, 0.25) is 0 Å². The first-order valence-corrected chi connectivity index (χ1v) is 37.9. The number of pyridine rings is 8. The van der Waals surface area contributed by atoms with Gasteiger partial charge in [0.1, 0.15) is 28.2 Å². The summed E-state index contributed by atoms with van der Waals surface area (Å²) in [6, 6.07) is 84.4. The zero-order valence-corrected chi connectivity index (χ0v) is 66.5. The topological polar surface area (TPSA) is 67.1 Å². The first-order chi connectivity index (χ1) is 52.6. The molecular weight excluding hydrogens is 1330 g/mol. The monoisotopic (exact) mass is 1430 g/mol. The standard InChI is InChI=1S/C32H29N2.C25H23N2.C24H29N2.C20H21N2/c1-22-20-23(2)33-24(3)31(22)30-21-27(18-19-34(30)4)32-28(25-12-7-5-8-13-25)16-11-17-29(32)26-14-9-6-10-15-26;1-18-14-15-26-16-23(18)24-13-12-21(17-27(24)3)25-19(2)8-7-11-22(25)20-9-5-4-6-10-20;1-16(2)20-8-7-9-21(17(3)4)24(20)19-10-11-23(26(6)15-19)22-14-25-13-12-18(22)5;1-14-10-11-21-12-18(14)19-9-8-17(13-22(19)4)20-15(2)6-5-7-16(20)3/h5-21H,1-4H3;4-17H,1-3H3;7-17H,1-6H3;5-13H,1-4H3/q4*+1. The van der Waals surface area contributed by atoms with Gasteiger partial charge in [-0.15, -0.1) is 0 Å². The number of hydrogen-bond acceptors (Lipinski definition) is 4. The molecule has 0 unspecified atom stereocenters. The molecule has 0 N–H and O–H groups in total. The van der Waals surface area contributed by atoms with Crippen LogP contribution in [0.1, 0.15) is 101 Å². The van der Waals surface area contributed by atoms with Crippen molar-refractivity contribution in [3.8, 4) is 123 Å². The minimum absolute atomic E-state index is 0.495. The average Bonchev–Trinajstić information content (AvgIpc) is 0.771. The van der Waals surface area contributed by atoms with Gasteiger partial charge in [0.25, 0.3) is 0 Å². The van der Waals surface area contributed by atoms with Crippen LogP contribution in [0.3, 0.4) is 0 Å².